The van der Waals surface area contributed by atoms with E-state index in [4.69, 9.17) is 15.2 Å². The summed E-state index contributed by atoms with van der Waals surface area (Å²) in [5, 5.41) is 0. The lowest BCUT2D eigenvalue weighted by atomic mass is 10.2. The molecule has 2 rings (SSSR count). The highest BCUT2D eigenvalue weighted by Crippen LogP contribution is 2.35. The van der Waals surface area contributed by atoms with Gasteiger partial charge >= 0.3 is 0 Å². The van der Waals surface area contributed by atoms with E-state index in [9.17, 15) is 0 Å². The Kier molecular flexibility index (Phi) is 4.94. The number of anilines is 1. The Morgan fingerprint density at radius 2 is 1.75 bits per heavy atom. The van der Waals surface area contributed by atoms with Gasteiger partial charge in [-0.05, 0) is 60.1 Å². The zero-order valence-electron chi connectivity index (χ0n) is 11.2. The minimum atomic E-state index is 0.0620. The third-order valence-corrected chi connectivity index (χ3v) is 3.58. The van der Waals surface area contributed by atoms with Crippen molar-refractivity contribution < 1.29 is 9.47 Å². The van der Waals surface area contributed by atoms with E-state index in [1.54, 1.807) is 12.1 Å². The van der Waals surface area contributed by atoms with Crippen LogP contribution in [0.25, 0.3) is 0 Å². The SMILES string of the molecule is CC(C)Oc1cc(Oc2ccc(Br)cc2Br)ccc1N. The Morgan fingerprint density at radius 3 is 2.40 bits per heavy atom. The maximum Gasteiger partial charge on any atom is 0.146 e. The van der Waals surface area contributed by atoms with Crippen LogP contribution in [0.1, 0.15) is 13.8 Å². The molecular formula is C15H15Br2NO2. The van der Waals surface area contributed by atoms with Crippen LogP contribution >= 0.6 is 31.9 Å². The summed E-state index contributed by atoms with van der Waals surface area (Å²) in [7, 11) is 0. The summed E-state index contributed by atoms with van der Waals surface area (Å²) in [5.74, 6) is 2.04. The Hall–Kier alpha value is -1.20. The number of hydrogen-bond donors (Lipinski definition) is 1. The molecule has 3 nitrogen and oxygen atoms in total. The second-order valence-electron chi connectivity index (χ2n) is 4.54. The second kappa shape index (κ2) is 6.50. The summed E-state index contributed by atoms with van der Waals surface area (Å²) in [6, 6.07) is 11.1. The van der Waals surface area contributed by atoms with Gasteiger partial charge in [-0.2, -0.15) is 0 Å². The van der Waals surface area contributed by atoms with Gasteiger partial charge in [0.2, 0.25) is 0 Å². The third-order valence-electron chi connectivity index (χ3n) is 2.47. The van der Waals surface area contributed by atoms with Crippen LogP contribution in [0.4, 0.5) is 5.69 Å². The first-order chi connectivity index (χ1) is 9.45. The van der Waals surface area contributed by atoms with Crippen LogP contribution in [0.3, 0.4) is 0 Å². The fourth-order valence-electron chi connectivity index (χ4n) is 1.62. The van der Waals surface area contributed by atoms with Gasteiger partial charge in [-0.25, -0.2) is 0 Å². The molecule has 106 valence electrons. The van der Waals surface area contributed by atoms with Gasteiger partial charge in [0.1, 0.15) is 17.2 Å². The predicted molar refractivity (Wildman–Crippen MR) is 88.5 cm³/mol. The van der Waals surface area contributed by atoms with Gasteiger partial charge in [0.05, 0.1) is 16.3 Å². The molecule has 2 aromatic rings. The Labute approximate surface area is 135 Å². The van der Waals surface area contributed by atoms with Crippen molar-refractivity contribution in [2.75, 3.05) is 5.73 Å². The number of rotatable bonds is 4. The van der Waals surface area contributed by atoms with E-state index in [1.807, 2.05) is 38.1 Å². The van der Waals surface area contributed by atoms with Crippen molar-refractivity contribution in [3.63, 3.8) is 0 Å². The van der Waals surface area contributed by atoms with E-state index in [-0.39, 0.29) is 6.10 Å². The summed E-state index contributed by atoms with van der Waals surface area (Å²) in [4.78, 5) is 0. The molecular weight excluding hydrogens is 386 g/mol. The van der Waals surface area contributed by atoms with Gasteiger partial charge in [0.25, 0.3) is 0 Å². The van der Waals surface area contributed by atoms with Crippen LogP contribution < -0.4 is 15.2 Å². The summed E-state index contributed by atoms with van der Waals surface area (Å²) >= 11 is 6.87. The number of ether oxygens (including phenoxy) is 2. The van der Waals surface area contributed by atoms with Gasteiger partial charge in [0.15, 0.2) is 0 Å². The maximum atomic E-state index is 5.88. The number of hydrogen-bond acceptors (Lipinski definition) is 3. The van der Waals surface area contributed by atoms with E-state index in [2.05, 4.69) is 31.9 Å². The first kappa shape index (κ1) is 15.2. The zero-order chi connectivity index (χ0) is 14.7. The summed E-state index contributed by atoms with van der Waals surface area (Å²) in [6.07, 6.45) is 0.0620. The molecule has 0 unspecified atom stereocenters. The molecule has 0 aliphatic carbocycles. The Balaban J connectivity index is 2.25. The van der Waals surface area contributed by atoms with Gasteiger partial charge in [-0.1, -0.05) is 15.9 Å². The molecule has 0 saturated carbocycles. The molecule has 0 aliphatic rings. The van der Waals surface area contributed by atoms with Crippen molar-refractivity contribution in [2.24, 2.45) is 0 Å². The average Bonchev–Trinajstić information content (AvgIpc) is 2.36. The van der Waals surface area contributed by atoms with Gasteiger partial charge in [0, 0.05) is 10.5 Å². The molecule has 0 heterocycles. The molecule has 0 bridgehead atoms. The van der Waals surface area contributed by atoms with Crippen LogP contribution in [-0.4, -0.2) is 6.10 Å². The highest BCUT2D eigenvalue weighted by molar-refractivity contribution is 9.11. The average molecular weight is 401 g/mol. The van der Waals surface area contributed by atoms with E-state index in [0.717, 1.165) is 14.7 Å². The van der Waals surface area contributed by atoms with E-state index < -0.39 is 0 Å². The quantitative estimate of drug-likeness (QED) is 0.701. The molecule has 0 aliphatic heterocycles. The molecule has 0 radical (unpaired) electrons. The van der Waals surface area contributed by atoms with E-state index in [0.29, 0.717) is 17.2 Å². The van der Waals surface area contributed by atoms with Crippen LogP contribution in [0.5, 0.6) is 17.2 Å². The Morgan fingerprint density at radius 1 is 1.00 bits per heavy atom. The fraction of sp³-hybridized carbons (Fsp3) is 0.200. The summed E-state index contributed by atoms with van der Waals surface area (Å²) in [5.41, 5.74) is 6.48. The lowest BCUT2D eigenvalue weighted by molar-refractivity contribution is 0.243. The highest BCUT2D eigenvalue weighted by atomic mass is 79.9. The van der Waals surface area contributed by atoms with Crippen molar-refractivity contribution in [2.45, 2.75) is 20.0 Å². The van der Waals surface area contributed by atoms with Crippen molar-refractivity contribution in [1.29, 1.82) is 0 Å². The molecule has 0 atom stereocenters. The molecule has 0 aromatic heterocycles. The van der Waals surface area contributed by atoms with Crippen molar-refractivity contribution in [1.82, 2.24) is 0 Å². The van der Waals surface area contributed by atoms with Gasteiger partial charge in [-0.3, -0.25) is 0 Å². The normalized spacial score (nSPS) is 10.7. The Bertz CT molecular complexity index is 615. The first-order valence-corrected chi connectivity index (χ1v) is 7.73. The number of benzene rings is 2. The van der Waals surface area contributed by atoms with Crippen LogP contribution in [0.15, 0.2) is 45.3 Å². The minimum Gasteiger partial charge on any atom is -0.489 e. The largest absolute Gasteiger partial charge is 0.489 e. The van der Waals surface area contributed by atoms with Crippen LogP contribution in [0, 0.1) is 0 Å². The first-order valence-electron chi connectivity index (χ1n) is 6.15. The highest BCUT2D eigenvalue weighted by Gasteiger charge is 2.08. The monoisotopic (exact) mass is 399 g/mol. The molecule has 0 spiro atoms. The molecule has 2 aromatic carbocycles. The molecule has 5 heteroatoms. The molecule has 20 heavy (non-hydrogen) atoms. The van der Waals surface area contributed by atoms with Crippen molar-refractivity contribution in [3.05, 3.63) is 45.3 Å². The molecule has 2 N–H and O–H groups in total. The van der Waals surface area contributed by atoms with E-state index >= 15 is 0 Å². The van der Waals surface area contributed by atoms with Gasteiger partial charge in [-0.15, -0.1) is 0 Å². The zero-order valence-corrected chi connectivity index (χ0v) is 14.4. The number of halogens is 2. The summed E-state index contributed by atoms with van der Waals surface area (Å²) in [6.45, 7) is 3.91. The molecule has 0 amide bonds. The topological polar surface area (TPSA) is 44.5 Å². The van der Waals surface area contributed by atoms with Crippen LogP contribution in [0.2, 0.25) is 0 Å². The number of nitrogens with two attached hydrogens (primary N) is 1. The standard InChI is InChI=1S/C15H15Br2NO2/c1-9(2)19-15-8-11(4-5-13(15)18)20-14-6-3-10(16)7-12(14)17/h3-9H,18H2,1-2H3. The number of nitrogen functional groups attached to an aromatic ring is 1. The molecule has 0 saturated heterocycles. The predicted octanol–water partition coefficient (Wildman–Crippen LogP) is 5.37. The minimum absolute atomic E-state index is 0.0620. The third kappa shape index (κ3) is 3.90. The van der Waals surface area contributed by atoms with Crippen molar-refractivity contribution >= 4 is 37.5 Å². The molecule has 0 fully saturated rings. The van der Waals surface area contributed by atoms with Gasteiger partial charge < -0.3 is 15.2 Å². The van der Waals surface area contributed by atoms with Crippen LogP contribution in [-0.2, 0) is 0 Å². The smallest absolute Gasteiger partial charge is 0.146 e. The maximum absolute atomic E-state index is 5.88. The lowest BCUT2D eigenvalue weighted by Crippen LogP contribution is -2.07. The fourth-order valence-corrected chi connectivity index (χ4v) is 2.75. The van der Waals surface area contributed by atoms with E-state index in [1.165, 1.54) is 0 Å². The second-order valence-corrected chi connectivity index (χ2v) is 6.31. The summed E-state index contributed by atoms with van der Waals surface area (Å²) < 4.78 is 13.3. The van der Waals surface area contributed by atoms with Crippen molar-refractivity contribution in [3.8, 4) is 17.2 Å². The lowest BCUT2D eigenvalue weighted by Gasteiger charge is -2.14.